The first-order valence-corrected chi connectivity index (χ1v) is 5.47. The average molecular weight is 182 g/mol. The zero-order valence-electron chi connectivity index (χ0n) is 9.52. The van der Waals surface area contributed by atoms with Gasteiger partial charge in [0.25, 0.3) is 0 Å². The van der Waals surface area contributed by atoms with Gasteiger partial charge in [0.15, 0.2) is 0 Å². The molecule has 0 radical (unpaired) electrons. The van der Waals surface area contributed by atoms with E-state index in [9.17, 15) is 5.11 Å². The molecule has 2 saturated carbocycles. The Morgan fingerprint density at radius 2 is 1.69 bits per heavy atom. The van der Waals surface area contributed by atoms with Crippen molar-refractivity contribution in [2.45, 2.75) is 53.1 Å². The molecule has 0 saturated heterocycles. The van der Waals surface area contributed by atoms with Crippen molar-refractivity contribution < 1.29 is 5.11 Å². The van der Waals surface area contributed by atoms with Gasteiger partial charge in [-0.3, -0.25) is 0 Å². The Kier molecular flexibility index (Phi) is 1.56. The van der Waals surface area contributed by atoms with Crippen molar-refractivity contribution in [3.8, 4) is 0 Å². The minimum atomic E-state index is -0.459. The smallest absolute Gasteiger partial charge is 0.0706 e. The second kappa shape index (κ2) is 2.13. The summed E-state index contributed by atoms with van der Waals surface area (Å²) in [5.41, 5.74) is -0.0145. The van der Waals surface area contributed by atoms with E-state index in [2.05, 4.69) is 27.7 Å². The Bertz CT molecular complexity index is 232. The van der Waals surface area contributed by atoms with E-state index in [0.717, 1.165) is 0 Å². The molecule has 2 rings (SSSR count). The zero-order valence-corrected chi connectivity index (χ0v) is 9.52. The highest BCUT2D eigenvalue weighted by Crippen LogP contribution is 2.71. The molecule has 1 nitrogen and oxygen atoms in total. The Morgan fingerprint density at radius 3 is 1.92 bits per heavy atom. The van der Waals surface area contributed by atoms with Crippen LogP contribution >= 0.6 is 0 Å². The van der Waals surface area contributed by atoms with Crippen molar-refractivity contribution in [2.24, 2.45) is 22.7 Å². The van der Waals surface area contributed by atoms with Crippen molar-refractivity contribution in [1.82, 2.24) is 0 Å². The maximum Gasteiger partial charge on any atom is 0.0706 e. The standard InChI is InChI=1S/C12H22O/c1-8-9-6-7-11(4,10(9,2)3)12(8,5)13/h8-9,13H,6-7H2,1-5H3/t8-,9+,11+,12+/m0/s1. The fraction of sp³-hybridized carbons (Fsp3) is 1.00. The largest absolute Gasteiger partial charge is 0.389 e. The molecule has 1 N–H and O–H groups in total. The first-order chi connectivity index (χ1) is 5.75. The molecule has 13 heavy (non-hydrogen) atoms. The molecule has 1 heteroatoms. The van der Waals surface area contributed by atoms with Gasteiger partial charge in [0.1, 0.15) is 0 Å². The summed E-state index contributed by atoms with van der Waals surface area (Å²) in [6.07, 6.45) is 2.50. The van der Waals surface area contributed by atoms with Gasteiger partial charge in [-0.05, 0) is 37.0 Å². The zero-order chi connectivity index (χ0) is 10.1. The highest BCUT2D eigenvalue weighted by molar-refractivity contribution is 5.18. The summed E-state index contributed by atoms with van der Waals surface area (Å²) in [6.45, 7) is 11.2. The van der Waals surface area contributed by atoms with Crippen LogP contribution in [0.4, 0.5) is 0 Å². The van der Waals surface area contributed by atoms with Crippen LogP contribution in [-0.2, 0) is 0 Å². The van der Waals surface area contributed by atoms with Gasteiger partial charge >= 0.3 is 0 Å². The van der Waals surface area contributed by atoms with Gasteiger partial charge in [0.05, 0.1) is 5.60 Å². The maximum absolute atomic E-state index is 10.5. The molecule has 0 aromatic heterocycles. The number of fused-ring (bicyclic) bond motifs is 2. The second-order valence-corrected chi connectivity index (χ2v) is 6.14. The minimum absolute atomic E-state index is 0.129. The van der Waals surface area contributed by atoms with E-state index in [0.29, 0.717) is 17.3 Å². The van der Waals surface area contributed by atoms with Crippen molar-refractivity contribution in [3.05, 3.63) is 0 Å². The van der Waals surface area contributed by atoms with E-state index in [1.54, 1.807) is 0 Å². The Labute approximate surface area is 81.5 Å². The van der Waals surface area contributed by atoms with E-state index in [-0.39, 0.29) is 5.41 Å². The molecule has 0 aromatic carbocycles. The quantitative estimate of drug-likeness (QED) is 0.611. The summed E-state index contributed by atoms with van der Waals surface area (Å²) in [6, 6.07) is 0. The predicted octanol–water partition coefficient (Wildman–Crippen LogP) is 2.83. The lowest BCUT2D eigenvalue weighted by Crippen LogP contribution is -2.47. The number of aliphatic hydroxyl groups is 1. The van der Waals surface area contributed by atoms with Crippen molar-refractivity contribution in [1.29, 1.82) is 0 Å². The third kappa shape index (κ3) is 0.743. The number of rotatable bonds is 0. The van der Waals surface area contributed by atoms with Crippen LogP contribution in [-0.4, -0.2) is 10.7 Å². The van der Waals surface area contributed by atoms with Crippen LogP contribution in [0.2, 0.25) is 0 Å². The van der Waals surface area contributed by atoms with Crippen LogP contribution in [0, 0.1) is 22.7 Å². The minimum Gasteiger partial charge on any atom is -0.389 e. The molecule has 2 bridgehead atoms. The molecule has 0 spiro atoms. The summed E-state index contributed by atoms with van der Waals surface area (Å²) in [5.74, 6) is 1.17. The van der Waals surface area contributed by atoms with Gasteiger partial charge < -0.3 is 5.11 Å². The lowest BCUT2D eigenvalue weighted by molar-refractivity contribution is -0.0987. The lowest BCUT2D eigenvalue weighted by Gasteiger charge is -2.44. The Hall–Kier alpha value is -0.0400. The van der Waals surface area contributed by atoms with Crippen molar-refractivity contribution in [2.75, 3.05) is 0 Å². The van der Waals surface area contributed by atoms with Gasteiger partial charge in [-0.2, -0.15) is 0 Å². The molecule has 0 unspecified atom stereocenters. The van der Waals surface area contributed by atoms with E-state index in [4.69, 9.17) is 0 Å². The molecule has 0 amide bonds. The van der Waals surface area contributed by atoms with E-state index in [1.165, 1.54) is 12.8 Å². The van der Waals surface area contributed by atoms with Crippen LogP contribution < -0.4 is 0 Å². The Morgan fingerprint density at radius 1 is 1.15 bits per heavy atom. The molecule has 2 fully saturated rings. The van der Waals surface area contributed by atoms with E-state index in [1.807, 2.05) is 6.92 Å². The second-order valence-electron chi connectivity index (χ2n) is 6.14. The Balaban J connectivity index is 2.53. The summed E-state index contributed by atoms with van der Waals surface area (Å²) in [7, 11) is 0. The van der Waals surface area contributed by atoms with Gasteiger partial charge in [-0.25, -0.2) is 0 Å². The number of hydrogen-bond donors (Lipinski definition) is 1. The average Bonchev–Trinajstić information content (AvgIpc) is 2.26. The molecular formula is C12H22O. The summed E-state index contributed by atoms with van der Waals surface area (Å²) in [5, 5.41) is 10.5. The molecule has 2 aliphatic carbocycles. The molecule has 76 valence electrons. The summed E-state index contributed by atoms with van der Waals surface area (Å²) in [4.78, 5) is 0. The molecule has 2 aliphatic rings. The van der Waals surface area contributed by atoms with Crippen LogP contribution in [0.5, 0.6) is 0 Å². The molecular weight excluding hydrogens is 160 g/mol. The maximum atomic E-state index is 10.5. The summed E-state index contributed by atoms with van der Waals surface area (Å²) < 4.78 is 0. The van der Waals surface area contributed by atoms with E-state index >= 15 is 0 Å². The van der Waals surface area contributed by atoms with Crippen LogP contribution in [0.15, 0.2) is 0 Å². The summed E-state index contributed by atoms with van der Waals surface area (Å²) >= 11 is 0. The van der Waals surface area contributed by atoms with Crippen molar-refractivity contribution >= 4 is 0 Å². The highest BCUT2D eigenvalue weighted by atomic mass is 16.3. The molecule has 0 heterocycles. The first kappa shape index (κ1) is 9.51. The first-order valence-electron chi connectivity index (χ1n) is 5.47. The monoisotopic (exact) mass is 182 g/mol. The third-order valence-corrected chi connectivity index (χ3v) is 5.91. The fourth-order valence-corrected chi connectivity index (χ4v) is 4.21. The van der Waals surface area contributed by atoms with Gasteiger partial charge in [-0.15, -0.1) is 0 Å². The third-order valence-electron chi connectivity index (χ3n) is 5.91. The van der Waals surface area contributed by atoms with Crippen LogP contribution in [0.25, 0.3) is 0 Å². The normalized spacial score (nSPS) is 58.6. The van der Waals surface area contributed by atoms with Gasteiger partial charge in [0, 0.05) is 5.41 Å². The molecule has 4 atom stereocenters. The van der Waals surface area contributed by atoms with Gasteiger partial charge in [-0.1, -0.05) is 27.7 Å². The van der Waals surface area contributed by atoms with Gasteiger partial charge in [0.2, 0.25) is 0 Å². The fourth-order valence-electron chi connectivity index (χ4n) is 4.21. The molecule has 0 aliphatic heterocycles. The lowest BCUT2D eigenvalue weighted by atomic mass is 9.64. The van der Waals surface area contributed by atoms with Crippen molar-refractivity contribution in [3.63, 3.8) is 0 Å². The topological polar surface area (TPSA) is 20.2 Å². The number of hydrogen-bond acceptors (Lipinski definition) is 1. The SMILES string of the molecule is C[C@H]1[C@H]2CC[C@](C)(C2(C)C)[C@]1(C)O. The molecule has 0 aromatic rings. The predicted molar refractivity (Wildman–Crippen MR) is 54.4 cm³/mol. The van der Waals surface area contributed by atoms with Crippen LogP contribution in [0.3, 0.4) is 0 Å². The van der Waals surface area contributed by atoms with E-state index < -0.39 is 5.60 Å². The highest BCUT2D eigenvalue weighted by Gasteiger charge is 2.69. The van der Waals surface area contributed by atoms with Crippen LogP contribution in [0.1, 0.15) is 47.5 Å².